The zero-order valence-electron chi connectivity index (χ0n) is 11.2. The third kappa shape index (κ3) is 7.65. The lowest BCUT2D eigenvalue weighted by molar-refractivity contribution is 0.128. The van der Waals surface area contributed by atoms with Crippen molar-refractivity contribution in [1.82, 2.24) is 4.90 Å². The van der Waals surface area contributed by atoms with Gasteiger partial charge >= 0.3 is 0 Å². The van der Waals surface area contributed by atoms with Crippen LogP contribution in [0.5, 0.6) is 0 Å². The minimum absolute atomic E-state index is 0.0819. The van der Waals surface area contributed by atoms with Crippen molar-refractivity contribution in [2.24, 2.45) is 11.1 Å². The zero-order chi connectivity index (χ0) is 13.3. The topological polar surface area (TPSA) is 58.7 Å². The Kier molecular flexibility index (Phi) is 8.68. The largest absolute Gasteiger partial charge is 0.395 e. The number of aliphatic hydroxyl groups is 1. The highest BCUT2D eigenvalue weighted by Gasteiger charge is 2.20. The van der Waals surface area contributed by atoms with Crippen LogP contribution in [0.1, 0.15) is 26.7 Å². The summed E-state index contributed by atoms with van der Waals surface area (Å²) in [5.41, 5.74) is 5.60. The summed E-state index contributed by atoms with van der Waals surface area (Å²) < 4.78 is 5.04. The molecule has 102 valence electrons. The molecule has 0 radical (unpaired) electrons. The number of thiocarbonyl (C=S) groups is 1. The number of rotatable bonds is 10. The van der Waals surface area contributed by atoms with Gasteiger partial charge in [-0.25, -0.2) is 0 Å². The van der Waals surface area contributed by atoms with Crippen molar-refractivity contribution >= 4 is 17.2 Å². The minimum atomic E-state index is -0.0819. The third-order valence-corrected chi connectivity index (χ3v) is 3.52. The number of ether oxygens (including phenoxy) is 1. The Morgan fingerprint density at radius 3 is 2.47 bits per heavy atom. The molecule has 0 unspecified atom stereocenters. The molecule has 0 aliphatic heterocycles. The van der Waals surface area contributed by atoms with Crippen LogP contribution in [0.15, 0.2) is 0 Å². The molecule has 0 fully saturated rings. The van der Waals surface area contributed by atoms with Gasteiger partial charge in [-0.05, 0) is 19.4 Å². The number of nitrogens with two attached hydrogens (primary N) is 1. The predicted octanol–water partition coefficient (Wildman–Crippen LogP) is 1.02. The van der Waals surface area contributed by atoms with Crippen LogP contribution < -0.4 is 5.73 Å². The first-order chi connectivity index (χ1) is 7.94. The van der Waals surface area contributed by atoms with Crippen molar-refractivity contribution in [3.63, 3.8) is 0 Å². The lowest BCUT2D eigenvalue weighted by Gasteiger charge is -2.26. The van der Waals surface area contributed by atoms with Gasteiger partial charge in [0.25, 0.3) is 0 Å². The summed E-state index contributed by atoms with van der Waals surface area (Å²) in [5.74, 6) is 0. The number of hydrogen-bond donors (Lipinski definition) is 2. The Morgan fingerprint density at radius 2 is 2.00 bits per heavy atom. The van der Waals surface area contributed by atoms with E-state index in [1.807, 2.05) is 0 Å². The normalized spacial score (nSPS) is 12.1. The van der Waals surface area contributed by atoms with Crippen LogP contribution in [0, 0.1) is 5.41 Å². The second-order valence-electron chi connectivity index (χ2n) is 4.91. The van der Waals surface area contributed by atoms with Crippen molar-refractivity contribution in [2.45, 2.75) is 26.7 Å². The monoisotopic (exact) mass is 262 g/mol. The van der Waals surface area contributed by atoms with E-state index in [0.29, 0.717) is 18.1 Å². The van der Waals surface area contributed by atoms with Crippen LogP contribution >= 0.6 is 12.2 Å². The highest BCUT2D eigenvalue weighted by atomic mass is 32.1. The fraction of sp³-hybridized carbons (Fsp3) is 0.917. The molecule has 0 bridgehead atoms. The van der Waals surface area contributed by atoms with Crippen molar-refractivity contribution in [3.8, 4) is 0 Å². The van der Waals surface area contributed by atoms with Gasteiger partial charge in [-0.3, -0.25) is 4.90 Å². The van der Waals surface area contributed by atoms with E-state index in [9.17, 15) is 0 Å². The maximum Gasteiger partial charge on any atom is 0.0784 e. The first kappa shape index (κ1) is 16.8. The summed E-state index contributed by atoms with van der Waals surface area (Å²) in [5, 5.41) is 8.96. The molecule has 0 aromatic heterocycles. The van der Waals surface area contributed by atoms with Crippen LogP contribution in [-0.4, -0.2) is 55.0 Å². The Hall–Kier alpha value is -0.230. The molecule has 0 atom stereocenters. The van der Waals surface area contributed by atoms with E-state index in [-0.39, 0.29) is 12.0 Å². The van der Waals surface area contributed by atoms with Crippen LogP contribution in [0.4, 0.5) is 0 Å². The smallest absolute Gasteiger partial charge is 0.0784 e. The number of aliphatic hydroxyl groups excluding tert-OH is 1. The van der Waals surface area contributed by atoms with Crippen molar-refractivity contribution in [2.75, 3.05) is 40.0 Å². The molecule has 5 heteroatoms. The fourth-order valence-electron chi connectivity index (χ4n) is 1.57. The maximum atomic E-state index is 8.96. The van der Waals surface area contributed by atoms with E-state index in [4.69, 9.17) is 27.8 Å². The van der Waals surface area contributed by atoms with Gasteiger partial charge in [0.05, 0.1) is 18.2 Å². The summed E-state index contributed by atoms with van der Waals surface area (Å²) in [6.07, 6.45) is 1.99. The lowest BCUT2D eigenvalue weighted by Crippen LogP contribution is -2.34. The van der Waals surface area contributed by atoms with Gasteiger partial charge in [0, 0.05) is 25.6 Å². The average Bonchev–Trinajstić information content (AvgIpc) is 2.25. The first-order valence-corrected chi connectivity index (χ1v) is 6.47. The van der Waals surface area contributed by atoms with Crippen LogP contribution in [0.25, 0.3) is 0 Å². The molecular formula is C12H26N2O2S. The maximum absolute atomic E-state index is 8.96. The summed E-state index contributed by atoms with van der Waals surface area (Å²) in [6.45, 7) is 7.50. The van der Waals surface area contributed by atoms with Gasteiger partial charge in [-0.1, -0.05) is 26.1 Å². The van der Waals surface area contributed by atoms with Crippen LogP contribution in [-0.2, 0) is 4.74 Å². The average molecular weight is 262 g/mol. The first-order valence-electron chi connectivity index (χ1n) is 6.06. The standard InChI is InChI=1S/C12H26N2O2S/c1-12(2,11(13)17)5-4-6-14(7-9-15)8-10-16-3/h15H,4-10H2,1-3H3,(H2,13,17). The number of hydrogen-bond acceptors (Lipinski definition) is 4. The minimum Gasteiger partial charge on any atom is -0.395 e. The van der Waals surface area contributed by atoms with E-state index in [2.05, 4.69) is 18.7 Å². The van der Waals surface area contributed by atoms with E-state index >= 15 is 0 Å². The molecule has 4 nitrogen and oxygen atoms in total. The van der Waals surface area contributed by atoms with E-state index in [1.54, 1.807) is 7.11 Å². The van der Waals surface area contributed by atoms with Crippen molar-refractivity contribution in [3.05, 3.63) is 0 Å². The molecule has 3 N–H and O–H groups in total. The van der Waals surface area contributed by atoms with Gasteiger partial charge < -0.3 is 15.6 Å². The molecule has 0 amide bonds. The van der Waals surface area contributed by atoms with Crippen LogP contribution in [0.2, 0.25) is 0 Å². The van der Waals surface area contributed by atoms with E-state index in [0.717, 1.165) is 25.9 Å². The van der Waals surface area contributed by atoms with Crippen molar-refractivity contribution < 1.29 is 9.84 Å². The molecule has 17 heavy (non-hydrogen) atoms. The zero-order valence-corrected chi connectivity index (χ0v) is 12.1. The lowest BCUT2D eigenvalue weighted by atomic mass is 9.88. The quantitative estimate of drug-likeness (QED) is 0.576. The molecule has 0 aliphatic carbocycles. The summed E-state index contributed by atoms with van der Waals surface area (Å²) in [7, 11) is 1.69. The Morgan fingerprint density at radius 1 is 1.35 bits per heavy atom. The molecule has 0 rings (SSSR count). The molecular weight excluding hydrogens is 236 g/mol. The molecule has 0 aliphatic rings. The van der Waals surface area contributed by atoms with Gasteiger partial charge in [0.15, 0.2) is 0 Å². The second kappa shape index (κ2) is 8.80. The highest BCUT2D eigenvalue weighted by molar-refractivity contribution is 7.80. The Labute approximate surface area is 110 Å². The highest BCUT2D eigenvalue weighted by Crippen LogP contribution is 2.22. The van der Waals surface area contributed by atoms with Gasteiger partial charge in [-0.15, -0.1) is 0 Å². The predicted molar refractivity (Wildman–Crippen MR) is 75.2 cm³/mol. The molecule has 0 aromatic rings. The van der Waals surface area contributed by atoms with Crippen molar-refractivity contribution in [1.29, 1.82) is 0 Å². The third-order valence-electron chi connectivity index (χ3n) is 2.97. The molecule has 0 heterocycles. The Bertz CT molecular complexity index is 223. The molecule has 0 saturated carbocycles. The molecule has 0 spiro atoms. The number of nitrogens with zero attached hydrogens (tertiary/aromatic N) is 1. The Balaban J connectivity index is 3.92. The van der Waals surface area contributed by atoms with Crippen LogP contribution in [0.3, 0.4) is 0 Å². The SMILES string of the molecule is COCCN(CCO)CCCC(C)(C)C(N)=S. The number of methoxy groups -OCH3 is 1. The summed E-state index contributed by atoms with van der Waals surface area (Å²) >= 11 is 5.04. The van der Waals surface area contributed by atoms with Gasteiger partial charge in [0.2, 0.25) is 0 Å². The van der Waals surface area contributed by atoms with E-state index < -0.39 is 0 Å². The summed E-state index contributed by atoms with van der Waals surface area (Å²) in [4.78, 5) is 2.77. The molecule has 0 saturated heterocycles. The summed E-state index contributed by atoms with van der Waals surface area (Å²) in [6, 6.07) is 0. The second-order valence-corrected chi connectivity index (χ2v) is 5.35. The van der Waals surface area contributed by atoms with Gasteiger partial charge in [0.1, 0.15) is 0 Å². The van der Waals surface area contributed by atoms with Gasteiger partial charge in [-0.2, -0.15) is 0 Å². The fourth-order valence-corrected chi connectivity index (χ4v) is 1.67. The molecule has 0 aromatic carbocycles. The van der Waals surface area contributed by atoms with E-state index in [1.165, 1.54) is 0 Å².